The van der Waals surface area contributed by atoms with Gasteiger partial charge in [0.15, 0.2) is 12.4 Å². The van der Waals surface area contributed by atoms with E-state index >= 15 is 0 Å². The van der Waals surface area contributed by atoms with Gasteiger partial charge in [0.2, 0.25) is 0 Å². The summed E-state index contributed by atoms with van der Waals surface area (Å²) in [6.45, 7) is 3.94. The fourth-order valence-corrected chi connectivity index (χ4v) is 0.992. The second-order valence-electron chi connectivity index (χ2n) is 3.06. The summed E-state index contributed by atoms with van der Waals surface area (Å²) >= 11 is 0. The number of rotatable bonds is 7. The van der Waals surface area contributed by atoms with Crippen LogP contribution in [0.3, 0.4) is 0 Å². The van der Waals surface area contributed by atoms with Gasteiger partial charge in [-0.3, -0.25) is 9.59 Å². The number of carbonyl (C=O) groups is 2. The molecule has 3 nitrogen and oxygen atoms in total. The van der Waals surface area contributed by atoms with Crippen molar-refractivity contribution in [3.8, 4) is 0 Å². The average Bonchev–Trinajstić information content (AvgIpc) is 2.12. The van der Waals surface area contributed by atoms with Gasteiger partial charge in [-0.15, -0.1) is 0 Å². The summed E-state index contributed by atoms with van der Waals surface area (Å²) in [5, 5.41) is 0. The van der Waals surface area contributed by atoms with Crippen molar-refractivity contribution < 1.29 is 14.3 Å². The van der Waals surface area contributed by atoms with Crippen LogP contribution in [-0.4, -0.2) is 18.4 Å². The van der Waals surface area contributed by atoms with Crippen LogP contribution in [0.5, 0.6) is 0 Å². The molecule has 1 atom stereocenters. The van der Waals surface area contributed by atoms with Crippen molar-refractivity contribution in [3.63, 3.8) is 0 Å². The Balaban J connectivity index is 3.69. The van der Waals surface area contributed by atoms with Crippen molar-refractivity contribution in [2.45, 2.75) is 52.1 Å². The van der Waals surface area contributed by atoms with E-state index in [1.54, 1.807) is 0 Å². The van der Waals surface area contributed by atoms with Gasteiger partial charge in [-0.25, -0.2) is 0 Å². The van der Waals surface area contributed by atoms with E-state index in [-0.39, 0.29) is 5.97 Å². The molecule has 3 heteroatoms. The predicted octanol–water partition coefficient (Wildman–Crippen LogP) is 2.09. The summed E-state index contributed by atoms with van der Waals surface area (Å²) in [5.41, 5.74) is 0. The first-order chi connectivity index (χ1) is 6.24. The second kappa shape index (κ2) is 7.77. The van der Waals surface area contributed by atoms with Gasteiger partial charge in [-0.2, -0.15) is 0 Å². The standard InChI is InChI=1S/C10H18O3/c1-3-5-7-9(8-11)13-10(12)6-4-2/h8-9H,3-7H2,1-2H3. The van der Waals surface area contributed by atoms with E-state index in [4.69, 9.17) is 4.74 Å². The van der Waals surface area contributed by atoms with E-state index in [1.807, 2.05) is 13.8 Å². The van der Waals surface area contributed by atoms with E-state index in [0.717, 1.165) is 19.3 Å². The van der Waals surface area contributed by atoms with Gasteiger partial charge in [0.25, 0.3) is 0 Å². The van der Waals surface area contributed by atoms with Crippen LogP contribution in [0.2, 0.25) is 0 Å². The molecule has 76 valence electrons. The molecule has 0 aromatic heterocycles. The number of unbranched alkanes of at least 4 members (excludes halogenated alkanes) is 1. The molecule has 0 radical (unpaired) electrons. The third kappa shape index (κ3) is 6.31. The van der Waals surface area contributed by atoms with Crippen LogP contribution in [0.4, 0.5) is 0 Å². The number of esters is 1. The minimum atomic E-state index is -0.529. The van der Waals surface area contributed by atoms with Gasteiger partial charge >= 0.3 is 5.97 Å². The summed E-state index contributed by atoms with van der Waals surface area (Å²) < 4.78 is 4.94. The van der Waals surface area contributed by atoms with E-state index in [0.29, 0.717) is 19.1 Å². The molecule has 1 unspecified atom stereocenters. The van der Waals surface area contributed by atoms with Crippen molar-refractivity contribution in [3.05, 3.63) is 0 Å². The Morgan fingerprint density at radius 2 is 2.08 bits per heavy atom. The van der Waals surface area contributed by atoms with E-state index < -0.39 is 6.10 Å². The molecule has 0 bridgehead atoms. The number of hydrogen-bond acceptors (Lipinski definition) is 3. The lowest BCUT2D eigenvalue weighted by molar-refractivity contribution is -0.152. The van der Waals surface area contributed by atoms with Gasteiger partial charge in [0.1, 0.15) is 0 Å². The summed E-state index contributed by atoms with van der Waals surface area (Å²) in [5.74, 6) is -0.268. The highest BCUT2D eigenvalue weighted by atomic mass is 16.5. The maximum absolute atomic E-state index is 11.0. The minimum absolute atomic E-state index is 0.268. The first kappa shape index (κ1) is 12.1. The summed E-state index contributed by atoms with van der Waals surface area (Å²) in [6, 6.07) is 0. The Morgan fingerprint density at radius 1 is 1.38 bits per heavy atom. The van der Waals surface area contributed by atoms with Crippen molar-refractivity contribution in [1.82, 2.24) is 0 Å². The lowest BCUT2D eigenvalue weighted by Gasteiger charge is -2.10. The quantitative estimate of drug-likeness (QED) is 0.451. The SMILES string of the molecule is CCCCC(C=O)OC(=O)CCC. The fourth-order valence-electron chi connectivity index (χ4n) is 0.992. The Bertz CT molecular complexity index is 154. The molecule has 13 heavy (non-hydrogen) atoms. The Morgan fingerprint density at radius 3 is 2.54 bits per heavy atom. The van der Waals surface area contributed by atoms with E-state index in [2.05, 4.69) is 0 Å². The minimum Gasteiger partial charge on any atom is -0.455 e. The van der Waals surface area contributed by atoms with Crippen LogP contribution in [0.15, 0.2) is 0 Å². The van der Waals surface area contributed by atoms with Crippen LogP contribution in [-0.2, 0) is 14.3 Å². The molecular weight excluding hydrogens is 168 g/mol. The zero-order valence-corrected chi connectivity index (χ0v) is 8.41. The van der Waals surface area contributed by atoms with Gasteiger partial charge in [-0.1, -0.05) is 20.3 Å². The third-order valence-corrected chi connectivity index (χ3v) is 1.73. The van der Waals surface area contributed by atoms with E-state index in [9.17, 15) is 9.59 Å². The van der Waals surface area contributed by atoms with Crippen molar-refractivity contribution in [2.75, 3.05) is 0 Å². The molecule has 0 aromatic carbocycles. The Labute approximate surface area is 79.5 Å². The number of aldehydes is 1. The zero-order chi connectivity index (χ0) is 10.1. The highest BCUT2D eigenvalue weighted by Gasteiger charge is 2.11. The Kier molecular flexibility index (Phi) is 7.26. The van der Waals surface area contributed by atoms with Crippen molar-refractivity contribution >= 4 is 12.3 Å². The van der Waals surface area contributed by atoms with Crippen LogP contribution < -0.4 is 0 Å². The molecule has 0 aliphatic heterocycles. The highest BCUT2D eigenvalue weighted by molar-refractivity contribution is 5.72. The normalized spacial score (nSPS) is 12.2. The van der Waals surface area contributed by atoms with E-state index in [1.165, 1.54) is 0 Å². The van der Waals surface area contributed by atoms with Gasteiger partial charge in [-0.05, 0) is 19.3 Å². The molecule has 0 spiro atoms. The van der Waals surface area contributed by atoms with Crippen LogP contribution in [0, 0.1) is 0 Å². The van der Waals surface area contributed by atoms with Crippen molar-refractivity contribution in [2.24, 2.45) is 0 Å². The molecule has 0 saturated carbocycles. The molecular formula is C10H18O3. The molecule has 0 aliphatic rings. The first-order valence-corrected chi connectivity index (χ1v) is 4.89. The molecule has 0 aliphatic carbocycles. The van der Waals surface area contributed by atoms with Gasteiger partial charge in [0.05, 0.1) is 0 Å². The largest absolute Gasteiger partial charge is 0.455 e. The fraction of sp³-hybridized carbons (Fsp3) is 0.800. The lowest BCUT2D eigenvalue weighted by Crippen LogP contribution is -2.19. The summed E-state index contributed by atoms with van der Waals surface area (Å²) in [4.78, 5) is 21.5. The topological polar surface area (TPSA) is 43.4 Å². The summed E-state index contributed by atoms with van der Waals surface area (Å²) in [7, 11) is 0. The first-order valence-electron chi connectivity index (χ1n) is 4.89. The average molecular weight is 186 g/mol. The van der Waals surface area contributed by atoms with Crippen LogP contribution in [0.1, 0.15) is 46.0 Å². The molecule has 0 heterocycles. The Hall–Kier alpha value is -0.860. The van der Waals surface area contributed by atoms with Crippen LogP contribution >= 0.6 is 0 Å². The maximum atomic E-state index is 11.0. The van der Waals surface area contributed by atoms with Gasteiger partial charge in [0, 0.05) is 6.42 Å². The lowest BCUT2D eigenvalue weighted by atomic mass is 10.2. The predicted molar refractivity (Wildman–Crippen MR) is 50.4 cm³/mol. The van der Waals surface area contributed by atoms with Gasteiger partial charge < -0.3 is 4.74 Å². The van der Waals surface area contributed by atoms with Crippen molar-refractivity contribution in [1.29, 1.82) is 0 Å². The zero-order valence-electron chi connectivity index (χ0n) is 8.41. The molecule has 0 amide bonds. The second-order valence-corrected chi connectivity index (χ2v) is 3.06. The highest BCUT2D eigenvalue weighted by Crippen LogP contribution is 2.04. The molecule has 0 saturated heterocycles. The number of hydrogen-bond donors (Lipinski definition) is 0. The molecule has 0 aromatic rings. The molecule has 0 fully saturated rings. The molecule has 0 N–H and O–H groups in total. The maximum Gasteiger partial charge on any atom is 0.306 e. The van der Waals surface area contributed by atoms with Crippen LogP contribution in [0.25, 0.3) is 0 Å². The summed E-state index contributed by atoms with van der Waals surface area (Å²) in [6.07, 6.45) is 3.92. The third-order valence-electron chi connectivity index (χ3n) is 1.73. The number of carbonyl (C=O) groups excluding carboxylic acids is 2. The number of ether oxygens (including phenoxy) is 1. The monoisotopic (exact) mass is 186 g/mol. The molecule has 0 rings (SSSR count). The smallest absolute Gasteiger partial charge is 0.306 e.